The van der Waals surface area contributed by atoms with E-state index in [4.69, 9.17) is 94.2 Å². The largest absolute Gasteiger partial charge is 0.481 e. The number of carbonyl (C=O) groups is 10. The SMILES string of the molecule is CC(=O)O.CC(=O)O.CC(=O)O.CC(=O)O.CC(=O)O.CC(=O)O.CC(=O)O.CC(=O)O.CC(=O)O.CCCCCCCC(=O)O. The van der Waals surface area contributed by atoms with Crippen molar-refractivity contribution in [1.82, 2.24) is 0 Å². The molecule has 46 heavy (non-hydrogen) atoms. The van der Waals surface area contributed by atoms with Crippen molar-refractivity contribution in [3.63, 3.8) is 0 Å². The smallest absolute Gasteiger partial charge is 0.303 e. The van der Waals surface area contributed by atoms with Crippen LogP contribution < -0.4 is 0 Å². The minimum atomic E-state index is -0.833. The molecular weight excluding hydrogens is 632 g/mol. The number of rotatable bonds is 6. The lowest BCUT2D eigenvalue weighted by Crippen LogP contribution is -1.93. The van der Waals surface area contributed by atoms with Crippen LogP contribution in [-0.4, -0.2) is 111 Å². The number of hydrogen-bond acceptors (Lipinski definition) is 10. The second-order valence-corrected chi connectivity index (χ2v) is 7.23. The number of aliphatic carboxylic acids is 10. The van der Waals surface area contributed by atoms with Crippen LogP contribution in [0.4, 0.5) is 0 Å². The predicted molar refractivity (Wildman–Crippen MR) is 161 cm³/mol. The second kappa shape index (κ2) is 63.1. The van der Waals surface area contributed by atoms with Gasteiger partial charge in [0.05, 0.1) is 0 Å². The molecule has 20 heteroatoms. The van der Waals surface area contributed by atoms with E-state index in [-0.39, 0.29) is 0 Å². The number of unbranched alkanes of at least 4 members (excludes halogenated alkanes) is 4. The van der Waals surface area contributed by atoms with Crippen LogP contribution in [0.3, 0.4) is 0 Å². The molecule has 0 aliphatic carbocycles. The van der Waals surface area contributed by atoms with E-state index in [1.165, 1.54) is 19.3 Å². The molecule has 0 bridgehead atoms. The molecule has 0 aliphatic heterocycles. The lowest BCUT2D eigenvalue weighted by atomic mass is 10.1. The zero-order valence-electron chi connectivity index (χ0n) is 27.8. The zero-order valence-corrected chi connectivity index (χ0v) is 27.8. The average Bonchev–Trinajstić information content (AvgIpc) is 2.69. The average molecular weight is 685 g/mol. The molecule has 0 amide bonds. The van der Waals surface area contributed by atoms with Crippen molar-refractivity contribution in [1.29, 1.82) is 0 Å². The van der Waals surface area contributed by atoms with E-state index < -0.39 is 59.7 Å². The molecule has 0 fully saturated rings. The van der Waals surface area contributed by atoms with Gasteiger partial charge in [-0.3, -0.25) is 47.9 Å². The van der Waals surface area contributed by atoms with Crippen LogP contribution in [0.2, 0.25) is 0 Å². The molecular formula is C26H52O20. The van der Waals surface area contributed by atoms with Crippen molar-refractivity contribution >= 4 is 59.7 Å². The molecule has 0 rings (SSSR count). The molecule has 10 N–H and O–H groups in total. The van der Waals surface area contributed by atoms with Gasteiger partial charge in [-0.1, -0.05) is 32.6 Å². The van der Waals surface area contributed by atoms with E-state index in [0.29, 0.717) is 6.42 Å². The topological polar surface area (TPSA) is 373 Å². The maximum atomic E-state index is 10.0. The summed E-state index contributed by atoms with van der Waals surface area (Å²) >= 11 is 0. The molecule has 0 aromatic heterocycles. The Morgan fingerprint density at radius 1 is 0.304 bits per heavy atom. The second-order valence-electron chi connectivity index (χ2n) is 7.23. The molecule has 0 aromatic carbocycles. The van der Waals surface area contributed by atoms with Crippen LogP contribution in [0.5, 0.6) is 0 Å². The van der Waals surface area contributed by atoms with Crippen LogP contribution in [0.25, 0.3) is 0 Å². The van der Waals surface area contributed by atoms with E-state index in [1.54, 1.807) is 0 Å². The fraction of sp³-hybridized carbons (Fsp3) is 0.615. The van der Waals surface area contributed by atoms with Crippen LogP contribution in [0.1, 0.15) is 108 Å². The summed E-state index contributed by atoms with van der Waals surface area (Å²) in [5, 5.41) is 75.0. The first-order valence-corrected chi connectivity index (χ1v) is 12.3. The van der Waals surface area contributed by atoms with E-state index in [0.717, 1.165) is 75.2 Å². The lowest BCUT2D eigenvalue weighted by Gasteiger charge is -1.95. The number of carboxylic acids is 10. The third kappa shape index (κ3) is 19000. The molecule has 0 unspecified atom stereocenters. The van der Waals surface area contributed by atoms with Gasteiger partial charge in [-0.15, -0.1) is 0 Å². The van der Waals surface area contributed by atoms with Gasteiger partial charge >= 0.3 is 5.97 Å². The Hall–Kier alpha value is -5.30. The molecule has 276 valence electrons. The quantitative estimate of drug-likeness (QED) is 0.179. The van der Waals surface area contributed by atoms with Gasteiger partial charge in [-0.2, -0.15) is 0 Å². The van der Waals surface area contributed by atoms with Gasteiger partial charge in [0.1, 0.15) is 0 Å². The third-order valence-corrected chi connectivity index (χ3v) is 1.49. The summed E-state index contributed by atoms with van der Waals surface area (Å²) < 4.78 is 0. The fourth-order valence-electron chi connectivity index (χ4n) is 0.880. The molecule has 0 aliphatic rings. The van der Waals surface area contributed by atoms with Crippen LogP contribution >= 0.6 is 0 Å². The Morgan fingerprint density at radius 3 is 0.543 bits per heavy atom. The standard InChI is InChI=1S/C8H16O2.9C2H4O2/c1-2-3-4-5-6-7-8(9)10;9*1-2(3)4/h2-7H2,1H3,(H,9,10);9*1H3,(H,3,4). The summed E-state index contributed by atoms with van der Waals surface area (Å²) in [7, 11) is 0. The summed E-state index contributed by atoms with van der Waals surface area (Å²) in [5.41, 5.74) is 0. The summed E-state index contributed by atoms with van der Waals surface area (Å²) in [4.78, 5) is 91.0. The first-order chi connectivity index (χ1) is 20.4. The lowest BCUT2D eigenvalue weighted by molar-refractivity contribution is -0.137. The van der Waals surface area contributed by atoms with Crippen molar-refractivity contribution in [3.8, 4) is 0 Å². The summed E-state index contributed by atoms with van der Waals surface area (Å²) in [6, 6.07) is 0. The van der Waals surface area contributed by atoms with E-state index in [9.17, 15) is 4.79 Å². The molecule has 20 nitrogen and oxygen atoms in total. The highest BCUT2D eigenvalue weighted by Gasteiger charge is 1.94. The summed E-state index contributed by atoms with van der Waals surface area (Å²) in [6.07, 6.45) is 5.88. The van der Waals surface area contributed by atoms with E-state index in [1.807, 2.05) is 0 Å². The van der Waals surface area contributed by atoms with E-state index >= 15 is 0 Å². The van der Waals surface area contributed by atoms with Gasteiger partial charge < -0.3 is 51.1 Å². The maximum Gasteiger partial charge on any atom is 0.303 e. The van der Waals surface area contributed by atoms with Gasteiger partial charge in [-0.05, 0) is 6.42 Å². The van der Waals surface area contributed by atoms with Gasteiger partial charge in [0, 0.05) is 68.7 Å². The minimum absolute atomic E-state index is 0.337. The van der Waals surface area contributed by atoms with E-state index in [2.05, 4.69) is 6.92 Å². The number of hydrogen-bond donors (Lipinski definition) is 10. The summed E-state index contributed by atoms with van der Waals surface area (Å²) in [5.74, 6) is -8.17. The first-order valence-electron chi connectivity index (χ1n) is 12.3. The first kappa shape index (κ1) is 68.1. The molecule has 0 spiro atoms. The van der Waals surface area contributed by atoms with Crippen molar-refractivity contribution in [2.24, 2.45) is 0 Å². The van der Waals surface area contributed by atoms with Crippen LogP contribution in [0, 0.1) is 0 Å². The zero-order chi connectivity index (χ0) is 40.0. The molecule has 0 saturated carbocycles. The van der Waals surface area contributed by atoms with Crippen molar-refractivity contribution in [2.45, 2.75) is 108 Å². The Balaban J connectivity index is -0.0000000402. The monoisotopic (exact) mass is 684 g/mol. The van der Waals surface area contributed by atoms with Gasteiger partial charge in [-0.25, -0.2) is 0 Å². The molecule has 0 saturated heterocycles. The Morgan fingerprint density at radius 2 is 0.435 bits per heavy atom. The molecule has 0 radical (unpaired) electrons. The van der Waals surface area contributed by atoms with Crippen LogP contribution in [-0.2, 0) is 47.9 Å². The third-order valence-electron chi connectivity index (χ3n) is 1.49. The normalized spacial score (nSPS) is 7.00. The highest BCUT2D eigenvalue weighted by molar-refractivity contribution is 5.66. The van der Waals surface area contributed by atoms with Crippen molar-refractivity contribution in [3.05, 3.63) is 0 Å². The van der Waals surface area contributed by atoms with Gasteiger partial charge in [0.15, 0.2) is 0 Å². The highest BCUT2D eigenvalue weighted by atomic mass is 16.4. The molecule has 0 aromatic rings. The van der Waals surface area contributed by atoms with Gasteiger partial charge in [0.25, 0.3) is 53.7 Å². The Bertz CT molecular complexity index is 596. The maximum absolute atomic E-state index is 10.0. The van der Waals surface area contributed by atoms with Gasteiger partial charge in [0.2, 0.25) is 0 Å². The fourth-order valence-corrected chi connectivity index (χ4v) is 0.880. The number of carboxylic acid groups (broad SMARTS) is 10. The predicted octanol–water partition coefficient (Wildman–Crippen LogP) is 3.25. The Labute approximate surface area is 266 Å². The van der Waals surface area contributed by atoms with Crippen molar-refractivity contribution < 1.29 is 99.0 Å². The minimum Gasteiger partial charge on any atom is -0.481 e. The highest BCUT2D eigenvalue weighted by Crippen LogP contribution is 2.04. The molecule has 0 atom stereocenters. The molecule has 0 heterocycles. The van der Waals surface area contributed by atoms with Crippen molar-refractivity contribution in [2.75, 3.05) is 0 Å². The Kier molecular flexibility index (Phi) is 93.3. The van der Waals surface area contributed by atoms with Crippen LogP contribution in [0.15, 0.2) is 0 Å². The summed E-state index contributed by atoms with van der Waals surface area (Å²) in [6.45, 7) is 11.9.